The summed E-state index contributed by atoms with van der Waals surface area (Å²) in [5, 5.41) is -0.999. The molecular weight excluding hydrogens is 685 g/mol. The maximum Gasteiger partial charge on any atom is 0.166 e. The number of benzene rings is 8. The Morgan fingerprint density at radius 2 is 1.04 bits per heavy atom. The first-order valence-corrected chi connectivity index (χ1v) is 17.2. The van der Waals surface area contributed by atoms with E-state index in [-0.39, 0.29) is 78.0 Å². The van der Waals surface area contributed by atoms with Crippen molar-refractivity contribution in [1.29, 1.82) is 0 Å². The third-order valence-corrected chi connectivity index (χ3v) is 9.31. The van der Waals surface area contributed by atoms with E-state index in [0.29, 0.717) is 11.1 Å². The van der Waals surface area contributed by atoms with Crippen molar-refractivity contribution >= 4 is 43.7 Å². The largest absolute Gasteiger partial charge is 0.455 e. The molecule has 0 spiro atoms. The standard InChI is InChI=1S/C51H32N4O/c1-4-15-33(16-5-1)36-28-30-47-42(31-36)41-24-14-23-38(48(41)56-47)37-27-29-46(55-44-25-12-10-21-39(44)40-22-11-13-26-45(40)55)43(32-37)51-53-49(34-17-6-2-7-18-34)52-50(54-51)35-19-8-3-9-20-35/h1-32H/i1D,4D,5D,10D,11D,12D,13D,14D,15D,16D,21D,22D,23D,24D,25D,26D,28D,30D,31D. The van der Waals surface area contributed by atoms with Crippen molar-refractivity contribution in [2.24, 2.45) is 0 Å². The first-order chi connectivity index (χ1) is 35.7. The maximum atomic E-state index is 9.46. The van der Waals surface area contributed by atoms with Crippen molar-refractivity contribution in [2.75, 3.05) is 0 Å². The highest BCUT2D eigenvalue weighted by Crippen LogP contribution is 2.41. The van der Waals surface area contributed by atoms with Gasteiger partial charge in [-0.15, -0.1) is 0 Å². The first kappa shape index (κ1) is 18.1. The van der Waals surface area contributed by atoms with E-state index in [9.17, 15) is 6.85 Å². The molecule has 0 bridgehead atoms. The van der Waals surface area contributed by atoms with E-state index in [0.717, 1.165) is 0 Å². The minimum atomic E-state index is -0.755. The monoisotopic (exact) mass is 735 g/mol. The molecule has 0 amide bonds. The van der Waals surface area contributed by atoms with Crippen LogP contribution in [-0.4, -0.2) is 19.5 Å². The summed E-state index contributed by atoms with van der Waals surface area (Å²) in [5.41, 5.74) is -1.26. The Hall–Kier alpha value is -7.63. The van der Waals surface area contributed by atoms with Crippen molar-refractivity contribution in [3.8, 4) is 62.1 Å². The zero-order valence-corrected chi connectivity index (χ0v) is 28.7. The zero-order valence-electron chi connectivity index (χ0n) is 47.7. The highest BCUT2D eigenvalue weighted by Gasteiger charge is 2.21. The summed E-state index contributed by atoms with van der Waals surface area (Å²) in [6.45, 7) is 0. The molecule has 0 N–H and O–H groups in total. The van der Waals surface area contributed by atoms with Gasteiger partial charge in [-0.1, -0.05) is 157 Å². The van der Waals surface area contributed by atoms with Crippen molar-refractivity contribution in [3.63, 3.8) is 0 Å². The van der Waals surface area contributed by atoms with Crippen LogP contribution in [0.5, 0.6) is 0 Å². The number of fused-ring (bicyclic) bond motifs is 6. The summed E-state index contributed by atoms with van der Waals surface area (Å²) in [4.78, 5) is 14.7. The van der Waals surface area contributed by atoms with E-state index in [4.69, 9.17) is 38.6 Å². The van der Waals surface area contributed by atoms with Gasteiger partial charge in [-0.05, 0) is 53.0 Å². The summed E-state index contributed by atoms with van der Waals surface area (Å²) >= 11 is 0. The molecule has 0 aliphatic heterocycles. The van der Waals surface area contributed by atoms with Gasteiger partial charge in [0, 0.05) is 43.8 Å². The van der Waals surface area contributed by atoms with Gasteiger partial charge in [0.15, 0.2) is 17.5 Å². The van der Waals surface area contributed by atoms with Crippen LogP contribution in [0.4, 0.5) is 0 Å². The van der Waals surface area contributed by atoms with Gasteiger partial charge in [-0.3, -0.25) is 0 Å². The molecule has 8 aromatic carbocycles. The Bertz CT molecular complexity index is 4190. The van der Waals surface area contributed by atoms with Gasteiger partial charge >= 0.3 is 0 Å². The van der Waals surface area contributed by atoms with Gasteiger partial charge in [0.1, 0.15) is 11.2 Å². The van der Waals surface area contributed by atoms with Gasteiger partial charge in [0.2, 0.25) is 0 Å². The quantitative estimate of drug-likeness (QED) is 0.171. The van der Waals surface area contributed by atoms with Crippen LogP contribution < -0.4 is 0 Å². The average molecular weight is 736 g/mol. The lowest BCUT2D eigenvalue weighted by Crippen LogP contribution is -2.04. The molecule has 11 rings (SSSR count). The van der Waals surface area contributed by atoms with Crippen molar-refractivity contribution < 1.29 is 30.5 Å². The van der Waals surface area contributed by atoms with E-state index in [1.54, 1.807) is 60.7 Å². The van der Waals surface area contributed by atoms with Crippen LogP contribution in [0.3, 0.4) is 0 Å². The van der Waals surface area contributed by atoms with E-state index in [1.165, 1.54) is 22.8 Å². The third kappa shape index (κ3) is 5.29. The number of para-hydroxylation sites is 3. The van der Waals surface area contributed by atoms with Gasteiger partial charge < -0.3 is 8.98 Å². The fourth-order valence-corrected chi connectivity index (χ4v) is 6.78. The van der Waals surface area contributed by atoms with E-state index in [2.05, 4.69) is 0 Å². The van der Waals surface area contributed by atoms with Crippen LogP contribution in [0.15, 0.2) is 198 Å². The average Bonchev–Trinajstić information content (AvgIpc) is 4.11. The molecule has 0 radical (unpaired) electrons. The van der Waals surface area contributed by atoms with E-state index >= 15 is 0 Å². The number of rotatable bonds is 6. The van der Waals surface area contributed by atoms with Crippen LogP contribution in [0.1, 0.15) is 26.0 Å². The summed E-state index contributed by atoms with van der Waals surface area (Å²) < 4.78 is 177. The second-order valence-corrected chi connectivity index (χ2v) is 12.6. The molecule has 0 saturated carbocycles. The number of nitrogens with zero attached hydrogens (tertiary/aromatic N) is 4. The van der Waals surface area contributed by atoms with Gasteiger partial charge in [0.05, 0.1) is 42.8 Å². The molecule has 5 heteroatoms. The highest BCUT2D eigenvalue weighted by molar-refractivity contribution is 6.12. The summed E-state index contributed by atoms with van der Waals surface area (Å²) in [7, 11) is 0. The van der Waals surface area contributed by atoms with E-state index in [1.807, 2.05) is 0 Å². The lowest BCUT2D eigenvalue weighted by atomic mass is 9.98. The van der Waals surface area contributed by atoms with Crippen LogP contribution in [0, 0.1) is 0 Å². The molecule has 262 valence electrons. The highest BCUT2D eigenvalue weighted by atomic mass is 16.3. The Kier molecular flexibility index (Phi) is 4.22. The molecule has 3 aromatic heterocycles. The molecule has 5 nitrogen and oxygen atoms in total. The van der Waals surface area contributed by atoms with Gasteiger partial charge in [-0.2, -0.15) is 0 Å². The van der Waals surface area contributed by atoms with Gasteiger partial charge in [-0.25, -0.2) is 15.0 Å². The smallest absolute Gasteiger partial charge is 0.166 e. The molecule has 3 heterocycles. The van der Waals surface area contributed by atoms with Gasteiger partial charge in [0.25, 0.3) is 0 Å². The topological polar surface area (TPSA) is 56.7 Å². The Morgan fingerprint density at radius 3 is 1.71 bits per heavy atom. The number of hydrogen-bond donors (Lipinski definition) is 0. The lowest BCUT2D eigenvalue weighted by molar-refractivity contribution is 0.670. The Morgan fingerprint density at radius 1 is 0.429 bits per heavy atom. The zero-order chi connectivity index (χ0) is 53.5. The minimum absolute atomic E-state index is 0.0117. The molecular formula is C51H32N4O. The Balaban J connectivity index is 1.30. The summed E-state index contributed by atoms with van der Waals surface area (Å²) in [6, 6.07) is 9.43. The number of furan rings is 1. The van der Waals surface area contributed by atoms with Crippen molar-refractivity contribution in [2.45, 2.75) is 0 Å². The fraction of sp³-hybridized carbons (Fsp3) is 0. The molecule has 0 unspecified atom stereocenters. The Labute approximate surface area is 349 Å². The van der Waals surface area contributed by atoms with Crippen molar-refractivity contribution in [1.82, 2.24) is 19.5 Å². The third-order valence-electron chi connectivity index (χ3n) is 9.31. The summed E-state index contributed by atoms with van der Waals surface area (Å²) in [6.07, 6.45) is 0. The SMILES string of the molecule is [2H]c1c([2H])c([2H])c(-c2c([2H])c([2H])c3oc4c(-c5ccc(-n6c7c([2H])c([2H])c([2H])c([2H])c7c7c([2H])c([2H])c([2H])c([2H])c76)c(-c6nc(-c7ccccc7)nc(-c7ccccc7)n6)c5)c([2H])c([2H])c([2H])c4c3c2[2H])c([2H])c1[2H]. The molecule has 11 aromatic rings. The van der Waals surface area contributed by atoms with E-state index < -0.39 is 132 Å². The summed E-state index contributed by atoms with van der Waals surface area (Å²) in [5.74, 6) is 0.249. The fourth-order valence-electron chi connectivity index (χ4n) is 6.78. The first-order valence-electron chi connectivity index (χ1n) is 26.7. The van der Waals surface area contributed by atoms with Crippen LogP contribution >= 0.6 is 0 Å². The molecule has 0 atom stereocenters. The van der Waals surface area contributed by atoms with Crippen LogP contribution in [0.2, 0.25) is 0 Å². The predicted molar refractivity (Wildman–Crippen MR) is 229 cm³/mol. The second-order valence-electron chi connectivity index (χ2n) is 12.6. The molecule has 0 aliphatic carbocycles. The predicted octanol–water partition coefficient (Wildman–Crippen LogP) is 13.2. The van der Waals surface area contributed by atoms with Crippen molar-refractivity contribution in [3.05, 3.63) is 194 Å². The minimum Gasteiger partial charge on any atom is -0.455 e. The molecule has 56 heavy (non-hydrogen) atoms. The van der Waals surface area contributed by atoms with Crippen LogP contribution in [-0.2, 0) is 0 Å². The normalized spacial score (nSPS) is 16.3. The second kappa shape index (κ2) is 13.0. The number of hydrogen-bond acceptors (Lipinski definition) is 4. The number of aromatic nitrogens is 4. The maximum absolute atomic E-state index is 9.46. The molecule has 0 saturated heterocycles. The lowest BCUT2D eigenvalue weighted by Gasteiger charge is -2.16. The molecule has 0 aliphatic rings. The van der Waals surface area contributed by atoms with Crippen LogP contribution in [0.25, 0.3) is 106 Å². The molecule has 0 fully saturated rings.